The first-order chi connectivity index (χ1) is 7.68. The largest absolute Gasteiger partial charge is 0.385 e. The van der Waals surface area contributed by atoms with Crippen LogP contribution in [0.4, 0.5) is 0 Å². The van der Waals surface area contributed by atoms with Crippen LogP contribution in [0.15, 0.2) is 41.8 Å². The van der Waals surface area contributed by atoms with Crippen LogP contribution in [0, 0.1) is 6.92 Å². The SMILES string of the molecule is Cc1cc(C(O)C(O)c2ccccc2)cs1. The third-order valence-corrected chi connectivity index (χ3v) is 3.41. The molecule has 0 fully saturated rings. The summed E-state index contributed by atoms with van der Waals surface area (Å²) in [6.07, 6.45) is -1.72. The molecular weight excluding hydrogens is 220 g/mol. The van der Waals surface area contributed by atoms with Crippen LogP contribution in [0.5, 0.6) is 0 Å². The van der Waals surface area contributed by atoms with Gasteiger partial charge in [-0.2, -0.15) is 0 Å². The Bertz CT molecular complexity index is 450. The van der Waals surface area contributed by atoms with Gasteiger partial charge in [0.05, 0.1) is 0 Å². The van der Waals surface area contributed by atoms with E-state index >= 15 is 0 Å². The van der Waals surface area contributed by atoms with Gasteiger partial charge >= 0.3 is 0 Å². The van der Waals surface area contributed by atoms with Crippen molar-refractivity contribution in [1.82, 2.24) is 0 Å². The number of rotatable bonds is 3. The molecule has 0 aliphatic heterocycles. The minimum absolute atomic E-state index is 0.735. The molecule has 2 atom stereocenters. The summed E-state index contributed by atoms with van der Waals surface area (Å²) in [5.41, 5.74) is 1.51. The van der Waals surface area contributed by atoms with E-state index in [1.54, 1.807) is 11.3 Å². The normalized spacial score (nSPS) is 14.7. The summed E-state index contributed by atoms with van der Waals surface area (Å²) in [7, 11) is 0. The molecule has 0 bridgehead atoms. The van der Waals surface area contributed by atoms with Crippen LogP contribution < -0.4 is 0 Å². The summed E-state index contributed by atoms with van der Waals surface area (Å²) in [6.45, 7) is 1.98. The van der Waals surface area contributed by atoms with Crippen molar-refractivity contribution in [3.63, 3.8) is 0 Å². The van der Waals surface area contributed by atoms with Crippen molar-refractivity contribution >= 4 is 11.3 Å². The average Bonchev–Trinajstić information content (AvgIpc) is 2.75. The molecule has 0 aliphatic carbocycles. The van der Waals surface area contributed by atoms with Gasteiger partial charge in [0.15, 0.2) is 0 Å². The maximum absolute atomic E-state index is 10.0. The molecule has 0 saturated heterocycles. The lowest BCUT2D eigenvalue weighted by Gasteiger charge is -2.17. The van der Waals surface area contributed by atoms with Crippen molar-refractivity contribution in [2.24, 2.45) is 0 Å². The molecule has 2 aromatic rings. The molecule has 1 aromatic carbocycles. The first kappa shape index (κ1) is 11.3. The highest BCUT2D eigenvalue weighted by Crippen LogP contribution is 2.30. The Morgan fingerprint density at radius 1 is 1.00 bits per heavy atom. The number of aryl methyl sites for hydroxylation is 1. The van der Waals surface area contributed by atoms with E-state index in [4.69, 9.17) is 0 Å². The lowest BCUT2D eigenvalue weighted by atomic mass is 10.0. The molecule has 2 nitrogen and oxygen atoms in total. The van der Waals surface area contributed by atoms with Crippen molar-refractivity contribution in [3.05, 3.63) is 57.8 Å². The fourth-order valence-corrected chi connectivity index (χ4v) is 2.37. The van der Waals surface area contributed by atoms with Gasteiger partial charge in [-0.05, 0) is 29.5 Å². The van der Waals surface area contributed by atoms with Gasteiger partial charge in [-0.1, -0.05) is 30.3 Å². The van der Waals surface area contributed by atoms with Gasteiger partial charge in [0.2, 0.25) is 0 Å². The van der Waals surface area contributed by atoms with Gasteiger partial charge in [-0.3, -0.25) is 0 Å². The molecule has 16 heavy (non-hydrogen) atoms. The minimum Gasteiger partial charge on any atom is -0.385 e. The number of hydrogen-bond acceptors (Lipinski definition) is 3. The predicted octanol–water partition coefficient (Wildman–Crippen LogP) is 2.82. The average molecular weight is 234 g/mol. The molecule has 0 amide bonds. The molecule has 1 heterocycles. The van der Waals surface area contributed by atoms with Crippen molar-refractivity contribution in [2.75, 3.05) is 0 Å². The molecule has 1 aromatic heterocycles. The van der Waals surface area contributed by atoms with E-state index < -0.39 is 12.2 Å². The molecule has 0 aliphatic rings. The first-order valence-corrected chi connectivity index (χ1v) is 6.02. The topological polar surface area (TPSA) is 40.5 Å². The van der Waals surface area contributed by atoms with Crippen LogP contribution in [0.2, 0.25) is 0 Å². The zero-order chi connectivity index (χ0) is 11.5. The Morgan fingerprint density at radius 2 is 1.62 bits per heavy atom. The van der Waals surface area contributed by atoms with Gasteiger partial charge < -0.3 is 10.2 Å². The van der Waals surface area contributed by atoms with Crippen LogP contribution in [0.25, 0.3) is 0 Å². The number of aliphatic hydroxyl groups is 2. The van der Waals surface area contributed by atoms with E-state index in [2.05, 4.69) is 0 Å². The number of hydrogen-bond donors (Lipinski definition) is 2. The van der Waals surface area contributed by atoms with E-state index in [-0.39, 0.29) is 0 Å². The van der Waals surface area contributed by atoms with Gasteiger partial charge in [0.1, 0.15) is 12.2 Å². The molecule has 2 rings (SSSR count). The molecule has 3 heteroatoms. The zero-order valence-corrected chi connectivity index (χ0v) is 9.82. The fourth-order valence-electron chi connectivity index (χ4n) is 1.63. The van der Waals surface area contributed by atoms with Crippen LogP contribution in [0.1, 0.15) is 28.2 Å². The summed E-state index contributed by atoms with van der Waals surface area (Å²) in [4.78, 5) is 1.13. The lowest BCUT2D eigenvalue weighted by Crippen LogP contribution is -2.09. The molecular formula is C13H14O2S. The maximum Gasteiger partial charge on any atom is 0.110 e. The quantitative estimate of drug-likeness (QED) is 0.857. The molecule has 0 radical (unpaired) electrons. The highest BCUT2D eigenvalue weighted by Gasteiger charge is 2.20. The Kier molecular flexibility index (Phi) is 3.39. The number of thiophene rings is 1. The number of aliphatic hydroxyl groups excluding tert-OH is 2. The first-order valence-electron chi connectivity index (χ1n) is 5.14. The van der Waals surface area contributed by atoms with E-state index in [9.17, 15) is 10.2 Å². The third-order valence-electron chi connectivity index (χ3n) is 2.53. The van der Waals surface area contributed by atoms with Gasteiger partial charge in [-0.25, -0.2) is 0 Å². The van der Waals surface area contributed by atoms with Crippen molar-refractivity contribution in [1.29, 1.82) is 0 Å². The molecule has 0 saturated carbocycles. The predicted molar refractivity (Wildman–Crippen MR) is 65.4 cm³/mol. The Hall–Kier alpha value is -1.16. The van der Waals surface area contributed by atoms with E-state index in [0.717, 1.165) is 16.0 Å². The Balaban J connectivity index is 2.19. The fraction of sp³-hybridized carbons (Fsp3) is 0.231. The summed E-state index contributed by atoms with van der Waals surface area (Å²) in [6, 6.07) is 11.1. The summed E-state index contributed by atoms with van der Waals surface area (Å²) >= 11 is 1.57. The second-order valence-corrected chi connectivity index (χ2v) is 4.91. The standard InChI is InChI=1S/C13H14O2S/c1-9-7-11(8-16-9)13(15)12(14)10-5-3-2-4-6-10/h2-8,12-15H,1H3. The molecule has 2 N–H and O–H groups in total. The number of benzene rings is 1. The van der Waals surface area contributed by atoms with Crippen LogP contribution >= 0.6 is 11.3 Å². The summed E-state index contributed by atoms with van der Waals surface area (Å²) in [5, 5.41) is 21.9. The van der Waals surface area contributed by atoms with Crippen LogP contribution in [0.3, 0.4) is 0 Å². The van der Waals surface area contributed by atoms with Gasteiger partial charge in [-0.15, -0.1) is 11.3 Å². The molecule has 0 spiro atoms. The van der Waals surface area contributed by atoms with Crippen LogP contribution in [-0.2, 0) is 0 Å². The van der Waals surface area contributed by atoms with Crippen molar-refractivity contribution < 1.29 is 10.2 Å². The van der Waals surface area contributed by atoms with E-state index in [0.29, 0.717) is 0 Å². The molecule has 84 valence electrons. The highest BCUT2D eigenvalue weighted by molar-refractivity contribution is 7.10. The second kappa shape index (κ2) is 4.78. The van der Waals surface area contributed by atoms with E-state index in [1.165, 1.54) is 0 Å². The van der Waals surface area contributed by atoms with Crippen molar-refractivity contribution in [2.45, 2.75) is 19.1 Å². The van der Waals surface area contributed by atoms with Crippen molar-refractivity contribution in [3.8, 4) is 0 Å². The lowest BCUT2D eigenvalue weighted by molar-refractivity contribution is 0.0175. The monoisotopic (exact) mass is 234 g/mol. The summed E-state index contributed by atoms with van der Waals surface area (Å²) < 4.78 is 0. The minimum atomic E-state index is -0.866. The maximum atomic E-state index is 10.0. The Morgan fingerprint density at radius 3 is 2.19 bits per heavy atom. The smallest absolute Gasteiger partial charge is 0.110 e. The molecule has 2 unspecified atom stereocenters. The Labute approximate surface area is 98.8 Å². The van der Waals surface area contributed by atoms with Gasteiger partial charge in [0, 0.05) is 4.88 Å². The highest BCUT2D eigenvalue weighted by atomic mass is 32.1. The summed E-state index contributed by atoms with van der Waals surface area (Å²) in [5.74, 6) is 0. The zero-order valence-electron chi connectivity index (χ0n) is 9.00. The van der Waals surface area contributed by atoms with E-state index in [1.807, 2.05) is 48.7 Å². The van der Waals surface area contributed by atoms with Gasteiger partial charge in [0.25, 0.3) is 0 Å². The van der Waals surface area contributed by atoms with Crippen LogP contribution in [-0.4, -0.2) is 10.2 Å². The third kappa shape index (κ3) is 2.32. The second-order valence-electron chi connectivity index (χ2n) is 3.79.